The van der Waals surface area contributed by atoms with Crippen LogP contribution in [-0.2, 0) is 9.59 Å². The maximum absolute atomic E-state index is 12.3. The van der Waals surface area contributed by atoms with E-state index in [2.05, 4.69) is 10.6 Å². The molecule has 0 aliphatic rings. The van der Waals surface area contributed by atoms with E-state index in [0.717, 1.165) is 11.3 Å². The van der Waals surface area contributed by atoms with Crippen LogP contribution in [-0.4, -0.2) is 32.3 Å². The highest BCUT2D eigenvalue weighted by atomic mass is 16.2. The number of hydrogen-bond acceptors (Lipinski definition) is 4. The number of hydrogen-bond donors (Lipinski definition) is 3. The minimum absolute atomic E-state index is 0.0114. The molecule has 4 N–H and O–H groups in total. The molecule has 0 saturated carbocycles. The van der Waals surface area contributed by atoms with Crippen LogP contribution in [0.3, 0.4) is 0 Å². The van der Waals surface area contributed by atoms with Crippen LogP contribution in [0.1, 0.15) is 15.9 Å². The zero-order valence-corrected chi connectivity index (χ0v) is 14.5. The van der Waals surface area contributed by atoms with Crippen molar-refractivity contribution in [1.29, 1.82) is 0 Å². The van der Waals surface area contributed by atoms with Gasteiger partial charge in [0, 0.05) is 31.0 Å². The van der Waals surface area contributed by atoms with Gasteiger partial charge in [0.05, 0.1) is 0 Å². The van der Waals surface area contributed by atoms with E-state index in [4.69, 9.17) is 5.73 Å². The third-order valence-electron chi connectivity index (χ3n) is 3.61. The predicted octanol–water partition coefficient (Wildman–Crippen LogP) is 1.58. The van der Waals surface area contributed by atoms with Gasteiger partial charge in [0.1, 0.15) is 5.70 Å². The molecule has 0 bridgehead atoms. The van der Waals surface area contributed by atoms with E-state index in [9.17, 15) is 14.4 Å². The van der Waals surface area contributed by atoms with Crippen LogP contribution in [0, 0.1) is 0 Å². The highest BCUT2D eigenvalue weighted by Gasteiger charge is 2.12. The third kappa shape index (κ3) is 4.94. The van der Waals surface area contributed by atoms with Crippen molar-refractivity contribution in [1.82, 2.24) is 5.32 Å². The van der Waals surface area contributed by atoms with Crippen molar-refractivity contribution in [2.45, 2.75) is 0 Å². The first-order valence-corrected chi connectivity index (χ1v) is 7.81. The van der Waals surface area contributed by atoms with Crippen LogP contribution >= 0.6 is 0 Å². The monoisotopic (exact) mass is 352 g/mol. The van der Waals surface area contributed by atoms with Crippen molar-refractivity contribution in [3.8, 4) is 0 Å². The molecule has 0 heterocycles. The molecule has 0 saturated heterocycles. The molecule has 0 aliphatic heterocycles. The van der Waals surface area contributed by atoms with Gasteiger partial charge >= 0.3 is 0 Å². The first-order valence-electron chi connectivity index (χ1n) is 7.81. The summed E-state index contributed by atoms with van der Waals surface area (Å²) in [6, 6.07) is 13.7. The van der Waals surface area contributed by atoms with Crippen molar-refractivity contribution >= 4 is 35.7 Å². The van der Waals surface area contributed by atoms with E-state index < -0.39 is 11.8 Å². The van der Waals surface area contributed by atoms with E-state index >= 15 is 0 Å². The number of rotatable bonds is 7. The number of nitrogens with one attached hydrogen (secondary N) is 2. The molecule has 2 aromatic rings. The summed E-state index contributed by atoms with van der Waals surface area (Å²) in [5.74, 6) is -1.22. The van der Waals surface area contributed by atoms with Crippen molar-refractivity contribution in [2.75, 3.05) is 24.3 Å². The number of benzene rings is 2. The lowest BCUT2D eigenvalue weighted by Gasteiger charge is -2.12. The lowest BCUT2D eigenvalue weighted by Crippen LogP contribution is -2.31. The van der Waals surface area contributed by atoms with Crippen LogP contribution < -0.4 is 21.3 Å². The average Bonchev–Trinajstić information content (AvgIpc) is 2.62. The van der Waals surface area contributed by atoms with E-state index in [1.807, 2.05) is 43.3 Å². The Morgan fingerprint density at radius 2 is 1.62 bits per heavy atom. The SMILES string of the molecule is CN(C)c1ccc(/C=C(\NC(=O)c2ccc(NC=O)cc2)C(N)=O)cc1. The first-order chi connectivity index (χ1) is 12.4. The van der Waals surface area contributed by atoms with Gasteiger partial charge in [-0.15, -0.1) is 0 Å². The molecule has 2 aromatic carbocycles. The average molecular weight is 352 g/mol. The molecule has 0 fully saturated rings. The number of anilines is 2. The van der Waals surface area contributed by atoms with Crippen molar-refractivity contribution < 1.29 is 14.4 Å². The lowest BCUT2D eigenvalue weighted by atomic mass is 10.1. The molecule has 7 heteroatoms. The number of carbonyl (C=O) groups is 3. The molecule has 0 atom stereocenters. The van der Waals surface area contributed by atoms with Gasteiger partial charge < -0.3 is 21.3 Å². The Morgan fingerprint density at radius 3 is 2.12 bits per heavy atom. The largest absolute Gasteiger partial charge is 0.378 e. The second kappa shape index (κ2) is 8.48. The van der Waals surface area contributed by atoms with Crippen LogP contribution in [0.25, 0.3) is 6.08 Å². The maximum Gasteiger partial charge on any atom is 0.265 e. The Morgan fingerprint density at radius 1 is 1.00 bits per heavy atom. The zero-order chi connectivity index (χ0) is 19.1. The topological polar surface area (TPSA) is 105 Å². The Labute approximate surface area is 151 Å². The van der Waals surface area contributed by atoms with Crippen LogP contribution in [0.15, 0.2) is 54.2 Å². The number of amides is 3. The predicted molar refractivity (Wildman–Crippen MR) is 102 cm³/mol. The molecular weight excluding hydrogens is 332 g/mol. The third-order valence-corrected chi connectivity index (χ3v) is 3.61. The summed E-state index contributed by atoms with van der Waals surface area (Å²) in [5, 5.41) is 4.99. The van der Waals surface area contributed by atoms with Gasteiger partial charge in [-0.25, -0.2) is 0 Å². The summed E-state index contributed by atoms with van der Waals surface area (Å²) < 4.78 is 0. The smallest absolute Gasteiger partial charge is 0.265 e. The Kier molecular flexibility index (Phi) is 6.10. The highest BCUT2D eigenvalue weighted by molar-refractivity contribution is 6.04. The number of carbonyl (C=O) groups excluding carboxylic acids is 3. The zero-order valence-electron chi connectivity index (χ0n) is 14.5. The minimum atomic E-state index is -0.741. The van der Waals surface area contributed by atoms with Crippen molar-refractivity contribution in [2.24, 2.45) is 5.73 Å². The van der Waals surface area contributed by atoms with E-state index in [-0.39, 0.29) is 5.70 Å². The number of nitrogens with zero attached hydrogens (tertiary/aromatic N) is 1. The molecule has 2 rings (SSSR count). The summed E-state index contributed by atoms with van der Waals surface area (Å²) in [6.45, 7) is 0. The molecule has 0 aliphatic carbocycles. The molecule has 0 aromatic heterocycles. The van der Waals surface area contributed by atoms with Gasteiger partial charge in [0.25, 0.3) is 11.8 Å². The Balaban J connectivity index is 2.17. The summed E-state index contributed by atoms with van der Waals surface area (Å²) >= 11 is 0. The molecule has 7 nitrogen and oxygen atoms in total. The number of primary amides is 1. The fourth-order valence-corrected chi connectivity index (χ4v) is 2.18. The van der Waals surface area contributed by atoms with E-state index in [1.54, 1.807) is 12.1 Å². The van der Waals surface area contributed by atoms with Crippen molar-refractivity contribution in [3.63, 3.8) is 0 Å². The molecule has 134 valence electrons. The summed E-state index contributed by atoms with van der Waals surface area (Å²) in [5.41, 5.74) is 7.99. The summed E-state index contributed by atoms with van der Waals surface area (Å²) in [7, 11) is 3.85. The fraction of sp³-hybridized carbons (Fsp3) is 0.105. The minimum Gasteiger partial charge on any atom is -0.378 e. The highest BCUT2D eigenvalue weighted by Crippen LogP contribution is 2.14. The van der Waals surface area contributed by atoms with Gasteiger partial charge in [0.15, 0.2) is 0 Å². The van der Waals surface area contributed by atoms with Crippen LogP contribution in [0.5, 0.6) is 0 Å². The van der Waals surface area contributed by atoms with Gasteiger partial charge in [-0.3, -0.25) is 14.4 Å². The van der Waals surface area contributed by atoms with Crippen molar-refractivity contribution in [3.05, 3.63) is 65.4 Å². The molecule has 0 unspecified atom stereocenters. The standard InChI is InChI=1S/C19H20N4O3/c1-23(2)16-9-3-13(4-10-16)11-17(18(20)25)22-19(26)14-5-7-15(8-6-14)21-12-24/h3-12H,1-2H3,(H2,20,25)(H,21,24)(H,22,26)/b17-11-. The van der Waals surface area contributed by atoms with Gasteiger partial charge in [-0.2, -0.15) is 0 Å². The van der Waals surface area contributed by atoms with Gasteiger partial charge in [0.2, 0.25) is 6.41 Å². The molecule has 3 amide bonds. The normalized spacial score (nSPS) is 10.8. The van der Waals surface area contributed by atoms with E-state index in [0.29, 0.717) is 17.7 Å². The van der Waals surface area contributed by atoms with Gasteiger partial charge in [-0.05, 0) is 48.0 Å². The molecule has 0 radical (unpaired) electrons. The lowest BCUT2D eigenvalue weighted by molar-refractivity contribution is -0.114. The molecule has 0 spiro atoms. The first kappa shape index (κ1) is 18.7. The molecular formula is C19H20N4O3. The second-order valence-electron chi connectivity index (χ2n) is 5.70. The summed E-state index contributed by atoms with van der Waals surface area (Å²) in [4.78, 5) is 36.3. The molecule has 26 heavy (non-hydrogen) atoms. The number of nitrogens with two attached hydrogens (primary N) is 1. The van der Waals surface area contributed by atoms with E-state index in [1.165, 1.54) is 18.2 Å². The summed E-state index contributed by atoms with van der Waals surface area (Å²) in [6.07, 6.45) is 2.06. The van der Waals surface area contributed by atoms with Gasteiger partial charge in [-0.1, -0.05) is 12.1 Å². The second-order valence-corrected chi connectivity index (χ2v) is 5.70. The van der Waals surface area contributed by atoms with Crippen LogP contribution in [0.2, 0.25) is 0 Å². The Bertz CT molecular complexity index is 825. The van der Waals surface area contributed by atoms with Crippen LogP contribution in [0.4, 0.5) is 11.4 Å². The fourth-order valence-electron chi connectivity index (χ4n) is 2.18. The maximum atomic E-state index is 12.3. The quantitative estimate of drug-likeness (QED) is 0.520. The Hall–Kier alpha value is -3.61.